The standard InChI is InChI=1S/C15H23N3O/c1-2-16-15-12-7-5-8-13(12)17-14(18-15)10-11-6-3-4-9-19-11/h11H,2-10H2,1H3,(H,16,17,18). The fourth-order valence-corrected chi connectivity index (χ4v) is 3.06. The summed E-state index contributed by atoms with van der Waals surface area (Å²) < 4.78 is 5.80. The summed E-state index contributed by atoms with van der Waals surface area (Å²) in [6.07, 6.45) is 8.25. The van der Waals surface area contributed by atoms with Gasteiger partial charge in [-0.2, -0.15) is 0 Å². The van der Waals surface area contributed by atoms with Crippen LogP contribution >= 0.6 is 0 Å². The van der Waals surface area contributed by atoms with Gasteiger partial charge in [-0.05, 0) is 45.4 Å². The number of nitrogens with zero attached hydrogens (tertiary/aromatic N) is 2. The van der Waals surface area contributed by atoms with Crippen LogP contribution in [0.1, 0.15) is 49.7 Å². The van der Waals surface area contributed by atoms with Gasteiger partial charge in [0.1, 0.15) is 11.6 Å². The molecule has 0 saturated carbocycles. The molecule has 0 bridgehead atoms. The van der Waals surface area contributed by atoms with Gasteiger partial charge in [-0.3, -0.25) is 0 Å². The van der Waals surface area contributed by atoms with Gasteiger partial charge in [0.05, 0.1) is 6.10 Å². The fourth-order valence-electron chi connectivity index (χ4n) is 3.06. The molecule has 0 aromatic carbocycles. The third-order valence-corrected chi connectivity index (χ3v) is 4.01. The number of anilines is 1. The summed E-state index contributed by atoms with van der Waals surface area (Å²) in [5, 5.41) is 3.39. The van der Waals surface area contributed by atoms with Crippen LogP contribution in [0.2, 0.25) is 0 Å². The summed E-state index contributed by atoms with van der Waals surface area (Å²) in [5.41, 5.74) is 2.60. The molecule has 2 heterocycles. The van der Waals surface area contributed by atoms with Crippen molar-refractivity contribution in [1.29, 1.82) is 0 Å². The lowest BCUT2D eigenvalue weighted by Gasteiger charge is -2.22. The summed E-state index contributed by atoms with van der Waals surface area (Å²) in [4.78, 5) is 9.49. The van der Waals surface area contributed by atoms with Gasteiger partial charge < -0.3 is 10.1 Å². The van der Waals surface area contributed by atoms with Crippen molar-refractivity contribution in [3.05, 3.63) is 17.1 Å². The molecule has 1 N–H and O–H groups in total. The predicted octanol–water partition coefficient (Wildman–Crippen LogP) is 2.51. The first-order valence-electron chi connectivity index (χ1n) is 7.61. The van der Waals surface area contributed by atoms with Gasteiger partial charge >= 0.3 is 0 Å². The highest BCUT2D eigenvalue weighted by Crippen LogP contribution is 2.27. The molecule has 3 rings (SSSR count). The van der Waals surface area contributed by atoms with E-state index in [0.717, 1.165) is 50.5 Å². The monoisotopic (exact) mass is 261 g/mol. The molecule has 0 radical (unpaired) electrons. The Kier molecular flexibility index (Phi) is 3.97. The van der Waals surface area contributed by atoms with E-state index in [1.807, 2.05) is 0 Å². The molecule has 19 heavy (non-hydrogen) atoms. The molecule has 1 aliphatic carbocycles. The Hall–Kier alpha value is -1.16. The van der Waals surface area contributed by atoms with Crippen molar-refractivity contribution >= 4 is 5.82 Å². The third-order valence-electron chi connectivity index (χ3n) is 4.01. The molecule has 1 atom stereocenters. The molecule has 1 unspecified atom stereocenters. The number of ether oxygens (including phenoxy) is 1. The number of fused-ring (bicyclic) bond motifs is 1. The maximum absolute atomic E-state index is 5.80. The minimum atomic E-state index is 0.322. The van der Waals surface area contributed by atoms with Crippen LogP contribution in [0.5, 0.6) is 0 Å². The zero-order valence-corrected chi connectivity index (χ0v) is 11.7. The second-order valence-corrected chi connectivity index (χ2v) is 5.49. The van der Waals surface area contributed by atoms with E-state index in [1.54, 1.807) is 0 Å². The topological polar surface area (TPSA) is 47.0 Å². The summed E-state index contributed by atoms with van der Waals surface area (Å²) in [6.45, 7) is 3.94. The van der Waals surface area contributed by atoms with E-state index in [0.29, 0.717) is 6.10 Å². The van der Waals surface area contributed by atoms with Crippen LogP contribution in [-0.2, 0) is 24.0 Å². The fraction of sp³-hybridized carbons (Fsp3) is 0.733. The zero-order chi connectivity index (χ0) is 13.1. The van der Waals surface area contributed by atoms with Crippen LogP contribution in [0.4, 0.5) is 5.82 Å². The summed E-state index contributed by atoms with van der Waals surface area (Å²) in [7, 11) is 0. The summed E-state index contributed by atoms with van der Waals surface area (Å²) in [5.74, 6) is 2.03. The van der Waals surface area contributed by atoms with Gasteiger partial charge in [0.2, 0.25) is 0 Å². The van der Waals surface area contributed by atoms with Crippen molar-refractivity contribution in [1.82, 2.24) is 9.97 Å². The summed E-state index contributed by atoms with van der Waals surface area (Å²) in [6, 6.07) is 0. The number of hydrogen-bond acceptors (Lipinski definition) is 4. The van der Waals surface area contributed by atoms with Crippen LogP contribution in [-0.4, -0.2) is 29.2 Å². The van der Waals surface area contributed by atoms with E-state index >= 15 is 0 Å². The predicted molar refractivity (Wildman–Crippen MR) is 75.5 cm³/mol. The molecule has 1 fully saturated rings. The number of aryl methyl sites for hydroxylation is 1. The highest BCUT2D eigenvalue weighted by Gasteiger charge is 2.21. The average Bonchev–Trinajstić information content (AvgIpc) is 2.89. The Morgan fingerprint density at radius 1 is 1.21 bits per heavy atom. The van der Waals surface area contributed by atoms with Gasteiger partial charge in [-0.15, -0.1) is 0 Å². The lowest BCUT2D eigenvalue weighted by Crippen LogP contribution is -2.23. The molecule has 1 aromatic rings. The van der Waals surface area contributed by atoms with E-state index in [9.17, 15) is 0 Å². The first-order chi connectivity index (χ1) is 9.36. The van der Waals surface area contributed by atoms with Crippen LogP contribution < -0.4 is 5.32 Å². The van der Waals surface area contributed by atoms with Crippen LogP contribution in [0, 0.1) is 0 Å². The summed E-state index contributed by atoms with van der Waals surface area (Å²) >= 11 is 0. The van der Waals surface area contributed by atoms with Gasteiger partial charge in [0, 0.05) is 30.8 Å². The second-order valence-electron chi connectivity index (χ2n) is 5.49. The Balaban J connectivity index is 1.79. The maximum Gasteiger partial charge on any atom is 0.133 e. The van der Waals surface area contributed by atoms with Crippen molar-refractivity contribution in [2.24, 2.45) is 0 Å². The van der Waals surface area contributed by atoms with Gasteiger partial charge in [-0.25, -0.2) is 9.97 Å². The van der Waals surface area contributed by atoms with Crippen molar-refractivity contribution in [2.45, 2.75) is 58.0 Å². The van der Waals surface area contributed by atoms with Crippen molar-refractivity contribution in [3.8, 4) is 0 Å². The second kappa shape index (κ2) is 5.87. The van der Waals surface area contributed by atoms with Gasteiger partial charge in [0.25, 0.3) is 0 Å². The molecule has 1 saturated heterocycles. The first-order valence-corrected chi connectivity index (χ1v) is 7.61. The lowest BCUT2D eigenvalue weighted by atomic mass is 10.1. The number of hydrogen-bond donors (Lipinski definition) is 1. The minimum Gasteiger partial charge on any atom is -0.378 e. The number of aromatic nitrogens is 2. The molecule has 0 amide bonds. The highest BCUT2D eigenvalue weighted by molar-refractivity contribution is 5.48. The van der Waals surface area contributed by atoms with E-state index in [1.165, 1.54) is 30.5 Å². The van der Waals surface area contributed by atoms with Crippen molar-refractivity contribution in [3.63, 3.8) is 0 Å². The maximum atomic E-state index is 5.80. The molecule has 4 heteroatoms. The third kappa shape index (κ3) is 2.89. The molecular formula is C15H23N3O. The van der Waals surface area contributed by atoms with Crippen molar-refractivity contribution in [2.75, 3.05) is 18.5 Å². The molecule has 1 aromatic heterocycles. The Morgan fingerprint density at radius 3 is 2.95 bits per heavy atom. The quantitative estimate of drug-likeness (QED) is 0.904. The Morgan fingerprint density at radius 2 is 2.16 bits per heavy atom. The Bertz CT molecular complexity index is 441. The highest BCUT2D eigenvalue weighted by atomic mass is 16.5. The number of rotatable bonds is 4. The van der Waals surface area contributed by atoms with Gasteiger partial charge in [-0.1, -0.05) is 0 Å². The SMILES string of the molecule is CCNc1nc(CC2CCCCO2)nc2c1CCC2. The number of nitrogens with one attached hydrogen (secondary N) is 1. The molecule has 104 valence electrons. The average molecular weight is 261 g/mol. The van der Waals surface area contributed by atoms with Crippen molar-refractivity contribution < 1.29 is 4.74 Å². The largest absolute Gasteiger partial charge is 0.378 e. The normalized spacial score (nSPS) is 22.3. The van der Waals surface area contributed by atoms with E-state index in [4.69, 9.17) is 14.7 Å². The Labute approximate surface area is 115 Å². The van der Waals surface area contributed by atoms with E-state index < -0.39 is 0 Å². The molecule has 1 aliphatic heterocycles. The van der Waals surface area contributed by atoms with Crippen LogP contribution in [0.3, 0.4) is 0 Å². The molecule has 0 spiro atoms. The molecular weight excluding hydrogens is 238 g/mol. The van der Waals surface area contributed by atoms with Crippen LogP contribution in [0.15, 0.2) is 0 Å². The first kappa shape index (κ1) is 12.9. The van der Waals surface area contributed by atoms with E-state index in [2.05, 4.69) is 12.2 Å². The molecule has 4 nitrogen and oxygen atoms in total. The molecule has 2 aliphatic rings. The van der Waals surface area contributed by atoms with Gasteiger partial charge in [0.15, 0.2) is 0 Å². The smallest absolute Gasteiger partial charge is 0.133 e. The van der Waals surface area contributed by atoms with Crippen LogP contribution in [0.25, 0.3) is 0 Å². The van der Waals surface area contributed by atoms with E-state index in [-0.39, 0.29) is 0 Å². The zero-order valence-electron chi connectivity index (χ0n) is 11.7. The lowest BCUT2D eigenvalue weighted by molar-refractivity contribution is 0.0156. The minimum absolute atomic E-state index is 0.322.